The van der Waals surface area contributed by atoms with Crippen LogP contribution in [0.15, 0.2) is 18.3 Å². The van der Waals surface area contributed by atoms with Gasteiger partial charge in [0.05, 0.1) is 17.6 Å². The Morgan fingerprint density at radius 1 is 1.31 bits per heavy atom. The molecule has 2 saturated heterocycles. The van der Waals surface area contributed by atoms with Gasteiger partial charge >= 0.3 is 0 Å². The number of aromatic nitrogens is 4. The Morgan fingerprint density at radius 2 is 2.19 bits per heavy atom. The van der Waals surface area contributed by atoms with Crippen molar-refractivity contribution in [2.75, 3.05) is 39.9 Å². The maximum absolute atomic E-state index is 13.0. The van der Waals surface area contributed by atoms with Crippen molar-refractivity contribution in [3.8, 4) is 0 Å². The van der Waals surface area contributed by atoms with Gasteiger partial charge in [-0.1, -0.05) is 0 Å². The SMILES string of the molecule is COCCN1CCCC2(CCN(C(=O)c3ccc4nnnn4c3)C2)C1=O. The van der Waals surface area contributed by atoms with Crippen LogP contribution in [-0.4, -0.2) is 81.6 Å². The van der Waals surface area contributed by atoms with Crippen molar-refractivity contribution in [2.24, 2.45) is 5.41 Å². The summed E-state index contributed by atoms with van der Waals surface area (Å²) in [7, 11) is 1.64. The highest BCUT2D eigenvalue weighted by Gasteiger charge is 2.49. The average Bonchev–Trinajstić information content (AvgIpc) is 3.29. The lowest BCUT2D eigenvalue weighted by atomic mass is 9.78. The minimum atomic E-state index is -0.444. The number of pyridine rings is 1. The van der Waals surface area contributed by atoms with Gasteiger partial charge in [-0.3, -0.25) is 9.59 Å². The monoisotopic (exact) mass is 358 g/mol. The zero-order chi connectivity index (χ0) is 18.1. The number of carbonyl (C=O) groups excluding carboxylic acids is 2. The van der Waals surface area contributed by atoms with E-state index in [4.69, 9.17) is 4.74 Å². The molecule has 2 fully saturated rings. The lowest BCUT2D eigenvalue weighted by Gasteiger charge is -2.39. The Kier molecular flexibility index (Phi) is 4.31. The van der Waals surface area contributed by atoms with E-state index < -0.39 is 5.41 Å². The number of tetrazole rings is 1. The molecule has 138 valence electrons. The Bertz CT molecular complexity index is 837. The third-order valence-corrected chi connectivity index (χ3v) is 5.47. The Morgan fingerprint density at radius 3 is 3.04 bits per heavy atom. The predicted octanol–water partition coefficient (Wildman–Crippen LogP) is 0.225. The summed E-state index contributed by atoms with van der Waals surface area (Å²) in [4.78, 5) is 29.6. The number of piperidine rings is 1. The fourth-order valence-electron chi connectivity index (χ4n) is 4.04. The largest absolute Gasteiger partial charge is 0.383 e. The van der Waals surface area contributed by atoms with Crippen molar-refractivity contribution in [1.29, 1.82) is 0 Å². The van der Waals surface area contributed by atoms with E-state index in [0.29, 0.717) is 43.9 Å². The number of likely N-dealkylation sites (tertiary alicyclic amines) is 2. The summed E-state index contributed by atoms with van der Waals surface area (Å²) in [5.74, 6) is 0.0770. The molecule has 26 heavy (non-hydrogen) atoms. The van der Waals surface area contributed by atoms with Crippen LogP contribution >= 0.6 is 0 Å². The van der Waals surface area contributed by atoms with Gasteiger partial charge in [0.2, 0.25) is 5.91 Å². The molecule has 0 bridgehead atoms. The minimum Gasteiger partial charge on any atom is -0.383 e. The van der Waals surface area contributed by atoms with E-state index >= 15 is 0 Å². The van der Waals surface area contributed by atoms with Crippen LogP contribution in [0.3, 0.4) is 0 Å². The van der Waals surface area contributed by atoms with Gasteiger partial charge in [0.25, 0.3) is 5.91 Å². The molecule has 2 aromatic heterocycles. The van der Waals surface area contributed by atoms with Crippen LogP contribution in [0, 0.1) is 5.41 Å². The zero-order valence-corrected chi connectivity index (χ0v) is 14.8. The molecule has 9 heteroatoms. The zero-order valence-electron chi connectivity index (χ0n) is 14.8. The number of nitrogens with zero attached hydrogens (tertiary/aromatic N) is 6. The van der Waals surface area contributed by atoms with E-state index in [1.807, 2.05) is 4.90 Å². The third kappa shape index (κ3) is 2.82. The van der Waals surface area contributed by atoms with Crippen LogP contribution in [-0.2, 0) is 9.53 Å². The first-order chi connectivity index (χ1) is 12.6. The molecule has 0 aromatic carbocycles. The molecule has 1 unspecified atom stereocenters. The van der Waals surface area contributed by atoms with Crippen LogP contribution in [0.4, 0.5) is 0 Å². The second kappa shape index (κ2) is 6.64. The first-order valence-electron chi connectivity index (χ1n) is 8.88. The van der Waals surface area contributed by atoms with Gasteiger partial charge in [0, 0.05) is 39.5 Å². The van der Waals surface area contributed by atoms with Gasteiger partial charge in [-0.2, -0.15) is 4.52 Å². The van der Waals surface area contributed by atoms with Gasteiger partial charge in [-0.25, -0.2) is 0 Å². The molecule has 2 aliphatic rings. The van der Waals surface area contributed by atoms with Crippen LogP contribution in [0.2, 0.25) is 0 Å². The topological polar surface area (TPSA) is 92.9 Å². The molecule has 0 saturated carbocycles. The molecule has 0 aliphatic carbocycles. The highest BCUT2D eigenvalue weighted by Crippen LogP contribution is 2.40. The second-order valence-electron chi connectivity index (χ2n) is 7.05. The fourth-order valence-corrected chi connectivity index (χ4v) is 4.04. The van der Waals surface area contributed by atoms with E-state index in [2.05, 4.69) is 15.5 Å². The van der Waals surface area contributed by atoms with Crippen molar-refractivity contribution in [1.82, 2.24) is 29.8 Å². The number of amides is 2. The van der Waals surface area contributed by atoms with Crippen LogP contribution in [0.1, 0.15) is 29.6 Å². The van der Waals surface area contributed by atoms with Crippen LogP contribution in [0.5, 0.6) is 0 Å². The molecule has 4 rings (SSSR count). The van der Waals surface area contributed by atoms with Crippen molar-refractivity contribution >= 4 is 17.5 Å². The summed E-state index contributed by atoms with van der Waals surface area (Å²) < 4.78 is 6.60. The highest BCUT2D eigenvalue weighted by atomic mass is 16.5. The quantitative estimate of drug-likeness (QED) is 0.777. The molecule has 0 radical (unpaired) electrons. The molecule has 4 heterocycles. The lowest BCUT2D eigenvalue weighted by Crippen LogP contribution is -2.51. The first-order valence-corrected chi connectivity index (χ1v) is 8.88. The number of hydrogen-bond donors (Lipinski definition) is 0. The number of ether oxygens (including phenoxy) is 1. The average molecular weight is 358 g/mol. The van der Waals surface area contributed by atoms with E-state index in [1.165, 1.54) is 4.52 Å². The smallest absolute Gasteiger partial charge is 0.255 e. The Balaban J connectivity index is 1.50. The van der Waals surface area contributed by atoms with Gasteiger partial charge in [0.15, 0.2) is 5.65 Å². The van der Waals surface area contributed by atoms with E-state index in [1.54, 1.807) is 30.3 Å². The van der Waals surface area contributed by atoms with Crippen molar-refractivity contribution in [3.63, 3.8) is 0 Å². The maximum atomic E-state index is 13.0. The van der Waals surface area contributed by atoms with Crippen LogP contribution in [0.25, 0.3) is 5.65 Å². The molecule has 2 aromatic rings. The molecular weight excluding hydrogens is 336 g/mol. The number of carbonyl (C=O) groups is 2. The van der Waals surface area contributed by atoms with Gasteiger partial charge in [0.1, 0.15) is 0 Å². The summed E-state index contributed by atoms with van der Waals surface area (Å²) in [6.07, 6.45) is 4.16. The Hall–Kier alpha value is -2.55. The van der Waals surface area contributed by atoms with E-state index in [-0.39, 0.29) is 11.8 Å². The van der Waals surface area contributed by atoms with Crippen molar-refractivity contribution in [3.05, 3.63) is 23.9 Å². The highest BCUT2D eigenvalue weighted by molar-refractivity contribution is 5.95. The number of fused-ring (bicyclic) bond motifs is 1. The Labute approximate surface area is 150 Å². The van der Waals surface area contributed by atoms with Gasteiger partial charge < -0.3 is 14.5 Å². The summed E-state index contributed by atoms with van der Waals surface area (Å²) >= 11 is 0. The number of methoxy groups -OCH3 is 1. The number of hydrogen-bond acceptors (Lipinski definition) is 6. The third-order valence-electron chi connectivity index (χ3n) is 5.47. The molecule has 1 atom stereocenters. The summed E-state index contributed by atoms with van der Waals surface area (Å²) in [6.45, 7) is 2.99. The summed E-state index contributed by atoms with van der Waals surface area (Å²) in [5.41, 5.74) is 0.678. The molecular formula is C17H22N6O3. The second-order valence-corrected chi connectivity index (χ2v) is 7.05. The number of rotatable bonds is 4. The summed E-state index contributed by atoms with van der Waals surface area (Å²) in [5, 5.41) is 11.3. The van der Waals surface area contributed by atoms with Gasteiger partial charge in [-0.05, 0) is 41.8 Å². The molecule has 1 spiro atoms. The maximum Gasteiger partial charge on any atom is 0.255 e. The molecule has 9 nitrogen and oxygen atoms in total. The molecule has 2 aliphatic heterocycles. The van der Waals surface area contributed by atoms with Crippen LogP contribution < -0.4 is 0 Å². The first kappa shape index (κ1) is 16.9. The fraction of sp³-hybridized carbons (Fsp3) is 0.588. The predicted molar refractivity (Wildman–Crippen MR) is 91.4 cm³/mol. The van der Waals surface area contributed by atoms with E-state index in [0.717, 1.165) is 19.4 Å². The lowest BCUT2D eigenvalue weighted by molar-refractivity contribution is -0.146. The van der Waals surface area contributed by atoms with E-state index in [9.17, 15) is 9.59 Å². The van der Waals surface area contributed by atoms with Crippen molar-refractivity contribution < 1.29 is 14.3 Å². The molecule has 0 N–H and O–H groups in total. The molecule has 2 amide bonds. The standard InChI is InChI=1S/C17H22N6O3/c1-26-10-9-21-7-2-5-17(16(21)25)6-8-22(12-17)15(24)13-3-4-14-18-19-20-23(14)11-13/h3-4,11H,2,5-10,12H2,1H3. The normalized spacial score (nSPS) is 23.3. The van der Waals surface area contributed by atoms with Gasteiger partial charge in [-0.15, -0.1) is 5.10 Å². The summed E-state index contributed by atoms with van der Waals surface area (Å²) in [6, 6.07) is 3.45. The van der Waals surface area contributed by atoms with Crippen molar-refractivity contribution in [2.45, 2.75) is 19.3 Å². The minimum absolute atomic E-state index is 0.0823.